The highest BCUT2D eigenvalue weighted by Gasteiger charge is 2.07. The molecule has 14 heavy (non-hydrogen) atoms. The second kappa shape index (κ2) is 9.22. The lowest BCUT2D eigenvalue weighted by atomic mass is 9.99. The third-order valence-corrected chi connectivity index (χ3v) is 2.68. The van der Waals surface area contributed by atoms with E-state index in [0.29, 0.717) is 6.10 Å². The number of rotatable bonds is 8. The standard InChI is InChI=1S/C12H24O2/c1-4-11(2)8-9-12(14-3)7-5-6-10-13/h5-6,11-13H,4,7-10H2,1-3H3. The Bertz CT molecular complexity index is 143. The van der Waals surface area contributed by atoms with Gasteiger partial charge in [0.2, 0.25) is 0 Å². The Labute approximate surface area is 88.0 Å². The second-order valence-corrected chi connectivity index (χ2v) is 3.84. The summed E-state index contributed by atoms with van der Waals surface area (Å²) >= 11 is 0. The molecule has 0 spiro atoms. The molecule has 2 heteroatoms. The van der Waals surface area contributed by atoms with E-state index in [1.54, 1.807) is 13.2 Å². The molecule has 0 aromatic heterocycles. The fraction of sp³-hybridized carbons (Fsp3) is 0.833. The summed E-state index contributed by atoms with van der Waals surface area (Å²) in [4.78, 5) is 0. The third-order valence-electron chi connectivity index (χ3n) is 2.68. The van der Waals surface area contributed by atoms with Crippen LogP contribution >= 0.6 is 0 Å². The van der Waals surface area contributed by atoms with E-state index < -0.39 is 0 Å². The molecule has 1 N–H and O–H groups in total. The van der Waals surface area contributed by atoms with E-state index in [0.717, 1.165) is 18.8 Å². The molecule has 2 nitrogen and oxygen atoms in total. The summed E-state index contributed by atoms with van der Waals surface area (Å²) in [6, 6.07) is 0. The van der Waals surface area contributed by atoms with E-state index in [9.17, 15) is 0 Å². The van der Waals surface area contributed by atoms with E-state index in [2.05, 4.69) is 13.8 Å². The van der Waals surface area contributed by atoms with Crippen molar-refractivity contribution in [3.63, 3.8) is 0 Å². The van der Waals surface area contributed by atoms with Crippen LogP contribution in [-0.4, -0.2) is 24.9 Å². The first-order valence-electron chi connectivity index (χ1n) is 5.53. The fourth-order valence-electron chi connectivity index (χ4n) is 1.33. The lowest BCUT2D eigenvalue weighted by Gasteiger charge is -2.15. The molecule has 0 fully saturated rings. The predicted octanol–water partition coefficient (Wildman–Crippen LogP) is 2.77. The van der Waals surface area contributed by atoms with Crippen LogP contribution in [0, 0.1) is 5.92 Å². The molecule has 0 saturated carbocycles. The summed E-state index contributed by atoms with van der Waals surface area (Å²) in [5.74, 6) is 0.787. The van der Waals surface area contributed by atoms with Gasteiger partial charge in [0, 0.05) is 7.11 Å². The monoisotopic (exact) mass is 200 g/mol. The van der Waals surface area contributed by atoms with E-state index >= 15 is 0 Å². The van der Waals surface area contributed by atoms with Gasteiger partial charge in [-0.2, -0.15) is 0 Å². The quantitative estimate of drug-likeness (QED) is 0.610. The van der Waals surface area contributed by atoms with Crippen molar-refractivity contribution in [2.24, 2.45) is 5.92 Å². The van der Waals surface area contributed by atoms with Crippen LogP contribution in [0.5, 0.6) is 0 Å². The van der Waals surface area contributed by atoms with Crippen LogP contribution in [0.2, 0.25) is 0 Å². The zero-order valence-corrected chi connectivity index (χ0v) is 9.70. The highest BCUT2D eigenvalue weighted by Crippen LogP contribution is 2.14. The van der Waals surface area contributed by atoms with E-state index in [4.69, 9.17) is 9.84 Å². The van der Waals surface area contributed by atoms with E-state index in [1.807, 2.05) is 6.08 Å². The molecule has 0 saturated heterocycles. The van der Waals surface area contributed by atoms with E-state index in [-0.39, 0.29) is 6.61 Å². The fourth-order valence-corrected chi connectivity index (χ4v) is 1.33. The molecule has 0 aliphatic rings. The molecular formula is C12H24O2. The van der Waals surface area contributed by atoms with Crippen LogP contribution in [0.15, 0.2) is 12.2 Å². The number of aliphatic hydroxyl groups excluding tert-OH is 1. The van der Waals surface area contributed by atoms with Crippen LogP contribution in [-0.2, 0) is 4.74 Å². The highest BCUT2D eigenvalue weighted by atomic mass is 16.5. The maximum absolute atomic E-state index is 8.58. The average molecular weight is 200 g/mol. The Morgan fingerprint density at radius 2 is 2.00 bits per heavy atom. The molecular weight excluding hydrogens is 176 g/mol. The van der Waals surface area contributed by atoms with Gasteiger partial charge in [-0.3, -0.25) is 0 Å². The topological polar surface area (TPSA) is 29.5 Å². The Balaban J connectivity index is 3.62. The van der Waals surface area contributed by atoms with Crippen LogP contribution in [0.4, 0.5) is 0 Å². The summed E-state index contributed by atoms with van der Waals surface area (Å²) < 4.78 is 5.36. The summed E-state index contributed by atoms with van der Waals surface area (Å²) in [6.07, 6.45) is 8.56. The Kier molecular flexibility index (Phi) is 9.00. The Morgan fingerprint density at radius 3 is 2.50 bits per heavy atom. The molecule has 0 amide bonds. The zero-order valence-electron chi connectivity index (χ0n) is 9.70. The largest absolute Gasteiger partial charge is 0.392 e. The molecule has 0 rings (SSSR count). The number of hydrogen-bond donors (Lipinski definition) is 1. The predicted molar refractivity (Wildman–Crippen MR) is 60.3 cm³/mol. The van der Waals surface area contributed by atoms with Crippen molar-refractivity contribution in [3.8, 4) is 0 Å². The second-order valence-electron chi connectivity index (χ2n) is 3.84. The normalized spacial score (nSPS) is 16.0. The van der Waals surface area contributed by atoms with Gasteiger partial charge in [-0.25, -0.2) is 0 Å². The van der Waals surface area contributed by atoms with Gasteiger partial charge in [0.25, 0.3) is 0 Å². The maximum Gasteiger partial charge on any atom is 0.0612 e. The van der Waals surface area contributed by atoms with Crippen molar-refractivity contribution in [1.29, 1.82) is 0 Å². The van der Waals surface area contributed by atoms with Gasteiger partial charge >= 0.3 is 0 Å². The number of hydrogen-bond acceptors (Lipinski definition) is 2. The van der Waals surface area contributed by atoms with Gasteiger partial charge < -0.3 is 9.84 Å². The van der Waals surface area contributed by atoms with Gasteiger partial charge in [-0.1, -0.05) is 32.4 Å². The maximum atomic E-state index is 8.58. The zero-order chi connectivity index (χ0) is 10.8. The minimum atomic E-state index is 0.127. The molecule has 0 aromatic carbocycles. The number of aliphatic hydroxyl groups is 1. The van der Waals surface area contributed by atoms with Crippen molar-refractivity contribution in [2.75, 3.05) is 13.7 Å². The van der Waals surface area contributed by atoms with Crippen LogP contribution in [0.25, 0.3) is 0 Å². The van der Waals surface area contributed by atoms with Gasteiger partial charge in [0.05, 0.1) is 12.7 Å². The molecule has 0 aliphatic heterocycles. The van der Waals surface area contributed by atoms with Crippen molar-refractivity contribution in [1.82, 2.24) is 0 Å². The van der Waals surface area contributed by atoms with Crippen molar-refractivity contribution in [3.05, 3.63) is 12.2 Å². The third kappa shape index (κ3) is 7.10. The molecule has 0 aliphatic carbocycles. The minimum Gasteiger partial charge on any atom is -0.392 e. The lowest BCUT2D eigenvalue weighted by Crippen LogP contribution is -2.11. The number of ether oxygens (including phenoxy) is 1. The average Bonchev–Trinajstić information content (AvgIpc) is 2.22. The highest BCUT2D eigenvalue weighted by molar-refractivity contribution is 4.83. The Morgan fingerprint density at radius 1 is 1.29 bits per heavy atom. The van der Waals surface area contributed by atoms with Crippen molar-refractivity contribution >= 4 is 0 Å². The smallest absolute Gasteiger partial charge is 0.0612 e. The van der Waals surface area contributed by atoms with Gasteiger partial charge in [-0.15, -0.1) is 0 Å². The molecule has 2 unspecified atom stereocenters. The summed E-state index contributed by atoms with van der Waals surface area (Å²) in [7, 11) is 1.76. The molecule has 0 aromatic rings. The van der Waals surface area contributed by atoms with Crippen LogP contribution in [0.1, 0.15) is 39.5 Å². The first-order valence-corrected chi connectivity index (χ1v) is 5.53. The van der Waals surface area contributed by atoms with Crippen molar-refractivity contribution in [2.45, 2.75) is 45.6 Å². The molecule has 0 radical (unpaired) electrons. The molecule has 0 heterocycles. The van der Waals surface area contributed by atoms with Gasteiger partial charge in [0.1, 0.15) is 0 Å². The summed E-state index contributed by atoms with van der Waals surface area (Å²) in [5, 5.41) is 8.58. The van der Waals surface area contributed by atoms with E-state index in [1.165, 1.54) is 12.8 Å². The number of methoxy groups -OCH3 is 1. The molecule has 0 bridgehead atoms. The van der Waals surface area contributed by atoms with Gasteiger partial charge in [0.15, 0.2) is 0 Å². The first-order chi connectivity index (χ1) is 6.74. The lowest BCUT2D eigenvalue weighted by molar-refractivity contribution is 0.0918. The summed E-state index contributed by atoms with van der Waals surface area (Å²) in [6.45, 7) is 4.62. The van der Waals surface area contributed by atoms with Crippen LogP contribution < -0.4 is 0 Å². The van der Waals surface area contributed by atoms with Crippen molar-refractivity contribution < 1.29 is 9.84 Å². The molecule has 84 valence electrons. The first kappa shape index (κ1) is 13.7. The van der Waals surface area contributed by atoms with Crippen LogP contribution in [0.3, 0.4) is 0 Å². The Hall–Kier alpha value is -0.340. The summed E-state index contributed by atoms with van der Waals surface area (Å²) in [5.41, 5.74) is 0. The SMILES string of the molecule is CCC(C)CCC(CC=CCO)OC. The molecule has 2 atom stereocenters. The van der Waals surface area contributed by atoms with Gasteiger partial charge in [-0.05, 0) is 25.2 Å². The minimum absolute atomic E-state index is 0.127.